The molecular formula is C12H21NO3. The Morgan fingerprint density at radius 1 is 1.56 bits per heavy atom. The number of nitrogens with one attached hydrogen (secondary N) is 1. The van der Waals surface area contributed by atoms with Gasteiger partial charge in [0.1, 0.15) is 5.60 Å². The van der Waals surface area contributed by atoms with Crippen LogP contribution in [0.3, 0.4) is 0 Å². The number of alkyl carbamates (subject to hydrolysis) is 1. The van der Waals surface area contributed by atoms with Crippen LogP contribution in [-0.4, -0.2) is 30.4 Å². The van der Waals surface area contributed by atoms with Crippen LogP contribution in [0.15, 0.2) is 0 Å². The van der Waals surface area contributed by atoms with E-state index in [1.807, 2.05) is 20.8 Å². The molecule has 1 amide bonds. The summed E-state index contributed by atoms with van der Waals surface area (Å²) in [6, 6.07) is 0. The van der Waals surface area contributed by atoms with Gasteiger partial charge in [-0.15, -0.1) is 0 Å². The Balaban J connectivity index is 1.61. The molecule has 16 heavy (non-hydrogen) atoms. The van der Waals surface area contributed by atoms with Gasteiger partial charge in [0.2, 0.25) is 0 Å². The van der Waals surface area contributed by atoms with Crippen molar-refractivity contribution in [3.05, 3.63) is 0 Å². The van der Waals surface area contributed by atoms with Crippen LogP contribution in [-0.2, 0) is 9.47 Å². The van der Waals surface area contributed by atoms with Crippen LogP contribution in [0.1, 0.15) is 40.0 Å². The van der Waals surface area contributed by atoms with Crippen LogP contribution in [0.5, 0.6) is 0 Å². The Kier molecular flexibility index (Phi) is 2.86. The highest BCUT2D eigenvalue weighted by atomic mass is 16.6. The Bertz CT molecular complexity index is 276. The molecule has 4 nitrogen and oxygen atoms in total. The topological polar surface area (TPSA) is 50.9 Å². The number of epoxide rings is 1. The van der Waals surface area contributed by atoms with Crippen molar-refractivity contribution in [1.29, 1.82) is 0 Å². The van der Waals surface area contributed by atoms with Gasteiger partial charge in [-0.3, -0.25) is 0 Å². The minimum atomic E-state index is -0.371. The normalized spacial score (nSPS) is 32.1. The molecule has 1 saturated heterocycles. The van der Waals surface area contributed by atoms with Gasteiger partial charge in [0, 0.05) is 6.54 Å². The molecule has 1 spiro atoms. The first-order chi connectivity index (χ1) is 7.45. The van der Waals surface area contributed by atoms with Gasteiger partial charge in [0.25, 0.3) is 0 Å². The lowest BCUT2D eigenvalue weighted by Gasteiger charge is -2.33. The Hall–Kier alpha value is -0.770. The molecule has 1 saturated carbocycles. The van der Waals surface area contributed by atoms with Crippen molar-refractivity contribution in [3.8, 4) is 0 Å². The molecule has 0 atom stereocenters. The fourth-order valence-electron chi connectivity index (χ4n) is 2.06. The van der Waals surface area contributed by atoms with Gasteiger partial charge in [-0.1, -0.05) is 6.92 Å². The second kappa shape index (κ2) is 3.91. The molecule has 4 heteroatoms. The zero-order valence-electron chi connectivity index (χ0n) is 10.3. The number of hydrogen-bond acceptors (Lipinski definition) is 3. The molecule has 0 aromatic carbocycles. The minimum Gasteiger partial charge on any atom is -0.444 e. The SMILES string of the molecule is CCC(C)(C)OC(=O)NCC1CC2(CO2)C1. The molecule has 2 rings (SSSR count). The predicted octanol–water partition coefficient (Wildman–Crippen LogP) is 2.08. The highest BCUT2D eigenvalue weighted by Crippen LogP contribution is 2.49. The van der Waals surface area contributed by atoms with Gasteiger partial charge in [-0.05, 0) is 39.0 Å². The maximum Gasteiger partial charge on any atom is 0.407 e. The Morgan fingerprint density at radius 3 is 2.69 bits per heavy atom. The number of rotatable bonds is 4. The lowest BCUT2D eigenvalue weighted by Crippen LogP contribution is -2.42. The van der Waals surface area contributed by atoms with Crippen molar-refractivity contribution in [2.24, 2.45) is 5.92 Å². The van der Waals surface area contributed by atoms with Crippen molar-refractivity contribution >= 4 is 6.09 Å². The summed E-state index contributed by atoms with van der Waals surface area (Å²) in [4.78, 5) is 11.5. The van der Waals surface area contributed by atoms with Crippen molar-refractivity contribution in [2.45, 2.75) is 51.2 Å². The number of hydrogen-bond donors (Lipinski definition) is 1. The van der Waals surface area contributed by atoms with E-state index >= 15 is 0 Å². The van der Waals surface area contributed by atoms with Crippen molar-refractivity contribution in [3.63, 3.8) is 0 Å². The molecule has 92 valence electrons. The van der Waals surface area contributed by atoms with Gasteiger partial charge in [-0.25, -0.2) is 4.79 Å². The van der Waals surface area contributed by atoms with Gasteiger partial charge < -0.3 is 14.8 Å². The summed E-state index contributed by atoms with van der Waals surface area (Å²) < 4.78 is 10.6. The molecule has 1 aliphatic carbocycles. The van der Waals surface area contributed by atoms with Gasteiger partial charge in [-0.2, -0.15) is 0 Å². The average molecular weight is 227 g/mol. The van der Waals surface area contributed by atoms with E-state index < -0.39 is 0 Å². The quantitative estimate of drug-likeness (QED) is 0.748. The summed E-state index contributed by atoms with van der Waals surface area (Å²) in [7, 11) is 0. The summed E-state index contributed by atoms with van der Waals surface area (Å²) >= 11 is 0. The lowest BCUT2D eigenvalue weighted by atomic mass is 9.75. The van der Waals surface area contributed by atoms with Crippen molar-refractivity contribution in [1.82, 2.24) is 5.32 Å². The third-order valence-electron chi connectivity index (χ3n) is 3.63. The zero-order valence-corrected chi connectivity index (χ0v) is 10.3. The summed E-state index contributed by atoms with van der Waals surface area (Å²) in [5, 5.41) is 2.82. The van der Waals surface area contributed by atoms with E-state index in [4.69, 9.17) is 9.47 Å². The Morgan fingerprint density at radius 2 is 2.19 bits per heavy atom. The van der Waals surface area contributed by atoms with Crippen LogP contribution in [0, 0.1) is 5.92 Å². The maximum atomic E-state index is 11.5. The summed E-state index contributed by atoms with van der Waals surface area (Å²) in [6.07, 6.45) is 2.69. The molecule has 1 N–H and O–H groups in total. The monoisotopic (exact) mass is 227 g/mol. The van der Waals surface area contributed by atoms with E-state index in [0.29, 0.717) is 12.5 Å². The van der Waals surface area contributed by atoms with E-state index in [0.717, 1.165) is 25.9 Å². The van der Waals surface area contributed by atoms with E-state index in [-0.39, 0.29) is 17.3 Å². The second-order valence-corrected chi connectivity index (χ2v) is 5.63. The highest BCUT2D eigenvalue weighted by Gasteiger charge is 2.55. The first kappa shape index (κ1) is 11.7. The Labute approximate surface area is 96.7 Å². The molecule has 1 aliphatic heterocycles. The summed E-state index contributed by atoms with van der Waals surface area (Å²) in [5.41, 5.74) is -0.149. The minimum absolute atomic E-state index is 0.221. The van der Waals surface area contributed by atoms with Crippen LogP contribution in [0.2, 0.25) is 0 Å². The van der Waals surface area contributed by atoms with E-state index in [1.165, 1.54) is 0 Å². The number of ether oxygens (including phenoxy) is 2. The molecular weight excluding hydrogens is 206 g/mol. The average Bonchev–Trinajstić information content (AvgIpc) is 2.92. The third kappa shape index (κ3) is 2.67. The molecule has 1 heterocycles. The fourth-order valence-corrected chi connectivity index (χ4v) is 2.06. The lowest BCUT2D eigenvalue weighted by molar-refractivity contribution is 0.0329. The number of carbonyl (C=O) groups is 1. The van der Waals surface area contributed by atoms with Gasteiger partial charge in [0.05, 0.1) is 12.2 Å². The van der Waals surface area contributed by atoms with Crippen LogP contribution >= 0.6 is 0 Å². The standard InChI is InChI=1S/C12H21NO3/c1-4-11(2,3)16-10(14)13-7-9-5-12(6-9)8-15-12/h9H,4-8H2,1-3H3,(H,13,14). The molecule has 0 aromatic rings. The third-order valence-corrected chi connectivity index (χ3v) is 3.63. The number of carbonyl (C=O) groups excluding carboxylic acids is 1. The molecule has 0 unspecified atom stereocenters. The smallest absolute Gasteiger partial charge is 0.407 e. The maximum absolute atomic E-state index is 11.5. The highest BCUT2D eigenvalue weighted by molar-refractivity contribution is 5.67. The summed E-state index contributed by atoms with van der Waals surface area (Å²) in [6.45, 7) is 7.47. The largest absolute Gasteiger partial charge is 0.444 e. The number of amides is 1. The molecule has 2 aliphatic rings. The molecule has 0 bridgehead atoms. The predicted molar refractivity (Wildman–Crippen MR) is 60.3 cm³/mol. The molecule has 2 fully saturated rings. The van der Waals surface area contributed by atoms with Crippen molar-refractivity contribution in [2.75, 3.05) is 13.2 Å². The van der Waals surface area contributed by atoms with E-state index in [1.54, 1.807) is 0 Å². The second-order valence-electron chi connectivity index (χ2n) is 5.63. The van der Waals surface area contributed by atoms with Gasteiger partial charge >= 0.3 is 6.09 Å². The van der Waals surface area contributed by atoms with E-state index in [9.17, 15) is 4.79 Å². The zero-order chi connectivity index (χ0) is 11.8. The van der Waals surface area contributed by atoms with Crippen molar-refractivity contribution < 1.29 is 14.3 Å². The van der Waals surface area contributed by atoms with E-state index in [2.05, 4.69) is 5.32 Å². The molecule has 0 radical (unpaired) electrons. The molecule has 0 aromatic heterocycles. The van der Waals surface area contributed by atoms with Crippen LogP contribution in [0.25, 0.3) is 0 Å². The van der Waals surface area contributed by atoms with Crippen LogP contribution < -0.4 is 5.32 Å². The fraction of sp³-hybridized carbons (Fsp3) is 0.917. The van der Waals surface area contributed by atoms with Crippen LogP contribution in [0.4, 0.5) is 4.79 Å². The first-order valence-electron chi connectivity index (χ1n) is 6.05. The van der Waals surface area contributed by atoms with Gasteiger partial charge in [0.15, 0.2) is 0 Å². The summed E-state index contributed by atoms with van der Waals surface area (Å²) in [5.74, 6) is 0.569. The first-order valence-corrected chi connectivity index (χ1v) is 6.05.